The SMILES string of the molecule is Clc1ncn(CCc2cccc3ccccc23)c1I. The van der Waals surface area contributed by atoms with E-state index in [1.807, 2.05) is 0 Å². The first-order chi connectivity index (χ1) is 9.25. The molecule has 0 fully saturated rings. The van der Waals surface area contributed by atoms with Crippen molar-refractivity contribution in [2.24, 2.45) is 0 Å². The molecule has 0 saturated heterocycles. The highest BCUT2D eigenvalue weighted by atomic mass is 127. The summed E-state index contributed by atoms with van der Waals surface area (Å²) in [6.45, 7) is 0.895. The Morgan fingerprint density at radius 3 is 2.68 bits per heavy atom. The van der Waals surface area contributed by atoms with Gasteiger partial charge < -0.3 is 4.57 Å². The van der Waals surface area contributed by atoms with Gasteiger partial charge in [0.15, 0.2) is 5.15 Å². The molecule has 1 aromatic heterocycles. The lowest BCUT2D eigenvalue weighted by molar-refractivity contribution is 0.684. The zero-order valence-electron chi connectivity index (χ0n) is 10.2. The largest absolute Gasteiger partial charge is 0.324 e. The minimum absolute atomic E-state index is 0.582. The van der Waals surface area contributed by atoms with E-state index in [1.54, 1.807) is 6.33 Å². The molecule has 96 valence electrons. The highest BCUT2D eigenvalue weighted by Crippen LogP contribution is 2.21. The van der Waals surface area contributed by atoms with Gasteiger partial charge in [0, 0.05) is 6.54 Å². The second-order valence-electron chi connectivity index (χ2n) is 4.41. The second kappa shape index (κ2) is 5.51. The highest BCUT2D eigenvalue weighted by Gasteiger charge is 2.06. The molecule has 0 radical (unpaired) electrons. The molecule has 0 aliphatic rings. The first-order valence-electron chi connectivity index (χ1n) is 6.08. The maximum atomic E-state index is 5.97. The number of imidazole rings is 1. The number of halogens is 2. The maximum absolute atomic E-state index is 5.97. The second-order valence-corrected chi connectivity index (χ2v) is 5.79. The molecule has 3 rings (SSSR count). The van der Waals surface area contributed by atoms with E-state index >= 15 is 0 Å². The molecular weight excluding hydrogens is 371 g/mol. The van der Waals surface area contributed by atoms with Crippen LogP contribution in [0.5, 0.6) is 0 Å². The Kier molecular flexibility index (Phi) is 3.75. The molecule has 19 heavy (non-hydrogen) atoms. The van der Waals surface area contributed by atoms with Crippen molar-refractivity contribution in [3.63, 3.8) is 0 Å². The van der Waals surface area contributed by atoms with Gasteiger partial charge in [0.2, 0.25) is 0 Å². The van der Waals surface area contributed by atoms with Crippen molar-refractivity contribution in [2.45, 2.75) is 13.0 Å². The Morgan fingerprint density at radius 1 is 1.11 bits per heavy atom. The Hall–Kier alpha value is -1.07. The van der Waals surface area contributed by atoms with Crippen LogP contribution in [0.3, 0.4) is 0 Å². The van der Waals surface area contributed by atoms with Crippen LogP contribution < -0.4 is 0 Å². The van der Waals surface area contributed by atoms with Gasteiger partial charge >= 0.3 is 0 Å². The number of hydrogen-bond acceptors (Lipinski definition) is 1. The number of benzene rings is 2. The lowest BCUT2D eigenvalue weighted by Crippen LogP contribution is -2.02. The normalized spacial score (nSPS) is 11.1. The van der Waals surface area contributed by atoms with Crippen LogP contribution in [0.1, 0.15) is 5.56 Å². The van der Waals surface area contributed by atoms with Gasteiger partial charge in [-0.2, -0.15) is 0 Å². The van der Waals surface area contributed by atoms with Crippen molar-refractivity contribution in [1.29, 1.82) is 0 Å². The summed E-state index contributed by atoms with van der Waals surface area (Å²) in [6, 6.07) is 14.9. The third-order valence-corrected chi connectivity index (χ3v) is 4.96. The molecule has 2 aromatic carbocycles. The summed E-state index contributed by atoms with van der Waals surface area (Å²) in [4.78, 5) is 4.11. The summed E-state index contributed by atoms with van der Waals surface area (Å²) in [5.74, 6) is 0. The van der Waals surface area contributed by atoms with Gasteiger partial charge in [-0.15, -0.1) is 0 Å². The average Bonchev–Trinajstić information content (AvgIpc) is 2.76. The first kappa shape index (κ1) is 12.9. The van der Waals surface area contributed by atoms with E-state index in [2.05, 4.69) is 74.6 Å². The number of nitrogens with zero attached hydrogens (tertiary/aromatic N) is 2. The molecule has 0 amide bonds. The van der Waals surface area contributed by atoms with Crippen molar-refractivity contribution >= 4 is 45.0 Å². The molecule has 2 nitrogen and oxygen atoms in total. The summed E-state index contributed by atoms with van der Waals surface area (Å²) < 4.78 is 3.09. The van der Waals surface area contributed by atoms with Crippen LogP contribution in [0, 0.1) is 3.70 Å². The molecule has 0 aliphatic heterocycles. The quantitative estimate of drug-likeness (QED) is 0.608. The number of aryl methyl sites for hydroxylation is 2. The Morgan fingerprint density at radius 2 is 1.89 bits per heavy atom. The van der Waals surface area contributed by atoms with Crippen molar-refractivity contribution in [1.82, 2.24) is 9.55 Å². The lowest BCUT2D eigenvalue weighted by Gasteiger charge is -2.08. The maximum Gasteiger partial charge on any atom is 0.160 e. The zero-order chi connectivity index (χ0) is 13.2. The Bertz CT molecular complexity index is 716. The van der Waals surface area contributed by atoms with Crippen molar-refractivity contribution in [2.75, 3.05) is 0 Å². The van der Waals surface area contributed by atoms with E-state index in [1.165, 1.54) is 16.3 Å². The van der Waals surface area contributed by atoms with Crippen LogP contribution in [-0.4, -0.2) is 9.55 Å². The van der Waals surface area contributed by atoms with Gasteiger partial charge in [-0.05, 0) is 45.3 Å². The number of rotatable bonds is 3. The average molecular weight is 383 g/mol. The van der Waals surface area contributed by atoms with Gasteiger partial charge in [0.1, 0.15) is 3.70 Å². The molecular formula is C15H12ClIN2. The van der Waals surface area contributed by atoms with Crippen LogP contribution in [0.4, 0.5) is 0 Å². The molecule has 0 aliphatic carbocycles. The summed E-state index contributed by atoms with van der Waals surface area (Å²) in [5, 5.41) is 3.20. The van der Waals surface area contributed by atoms with Gasteiger partial charge in [-0.1, -0.05) is 54.1 Å². The molecule has 0 saturated carbocycles. The fourth-order valence-corrected chi connectivity index (χ4v) is 2.91. The number of hydrogen-bond donors (Lipinski definition) is 0. The molecule has 0 atom stereocenters. The molecule has 1 heterocycles. The first-order valence-corrected chi connectivity index (χ1v) is 7.54. The van der Waals surface area contributed by atoms with Crippen LogP contribution in [0.2, 0.25) is 5.15 Å². The van der Waals surface area contributed by atoms with Crippen molar-refractivity contribution < 1.29 is 0 Å². The Balaban J connectivity index is 1.88. The predicted molar refractivity (Wildman–Crippen MR) is 87.6 cm³/mol. The van der Waals surface area contributed by atoms with E-state index in [-0.39, 0.29) is 0 Å². The minimum atomic E-state index is 0.582. The van der Waals surface area contributed by atoms with Crippen LogP contribution in [0.15, 0.2) is 48.8 Å². The fourth-order valence-electron chi connectivity index (χ4n) is 2.25. The van der Waals surface area contributed by atoms with E-state index in [4.69, 9.17) is 11.6 Å². The fraction of sp³-hybridized carbons (Fsp3) is 0.133. The predicted octanol–water partition coefficient (Wildman–Crippen LogP) is 4.54. The highest BCUT2D eigenvalue weighted by molar-refractivity contribution is 14.1. The molecule has 0 bridgehead atoms. The standard InChI is InChI=1S/C15H12ClIN2/c16-14-15(17)19(10-18-14)9-8-12-6-3-5-11-4-1-2-7-13(11)12/h1-7,10H,8-9H2. The molecule has 0 N–H and O–H groups in total. The van der Waals surface area contributed by atoms with Gasteiger partial charge in [0.05, 0.1) is 6.33 Å². The summed E-state index contributed by atoms with van der Waals surface area (Å²) in [6.07, 6.45) is 2.78. The van der Waals surface area contributed by atoms with E-state index in [0.717, 1.165) is 16.7 Å². The summed E-state index contributed by atoms with van der Waals surface area (Å²) in [7, 11) is 0. The minimum Gasteiger partial charge on any atom is -0.324 e. The molecule has 3 aromatic rings. The van der Waals surface area contributed by atoms with Gasteiger partial charge in [0.25, 0.3) is 0 Å². The Labute approximate surface area is 130 Å². The third kappa shape index (κ3) is 2.62. The van der Waals surface area contributed by atoms with E-state index < -0.39 is 0 Å². The van der Waals surface area contributed by atoms with Crippen molar-refractivity contribution in [3.8, 4) is 0 Å². The molecule has 4 heteroatoms. The topological polar surface area (TPSA) is 17.8 Å². The summed E-state index contributed by atoms with van der Waals surface area (Å²) in [5.41, 5.74) is 1.36. The molecule has 0 unspecified atom stereocenters. The number of aromatic nitrogens is 2. The monoisotopic (exact) mass is 382 g/mol. The van der Waals surface area contributed by atoms with Crippen LogP contribution in [-0.2, 0) is 13.0 Å². The van der Waals surface area contributed by atoms with E-state index in [9.17, 15) is 0 Å². The van der Waals surface area contributed by atoms with Gasteiger partial charge in [-0.3, -0.25) is 0 Å². The zero-order valence-corrected chi connectivity index (χ0v) is 13.1. The van der Waals surface area contributed by atoms with Gasteiger partial charge in [-0.25, -0.2) is 4.98 Å². The third-order valence-electron chi connectivity index (χ3n) is 3.23. The summed E-state index contributed by atoms with van der Waals surface area (Å²) >= 11 is 8.20. The lowest BCUT2D eigenvalue weighted by atomic mass is 10.0. The molecule has 0 spiro atoms. The van der Waals surface area contributed by atoms with Crippen LogP contribution >= 0.6 is 34.2 Å². The number of fused-ring (bicyclic) bond motifs is 1. The smallest absolute Gasteiger partial charge is 0.160 e. The van der Waals surface area contributed by atoms with Crippen molar-refractivity contribution in [3.05, 3.63) is 63.2 Å². The van der Waals surface area contributed by atoms with Crippen LogP contribution in [0.25, 0.3) is 10.8 Å². The van der Waals surface area contributed by atoms with E-state index in [0.29, 0.717) is 5.15 Å².